The van der Waals surface area contributed by atoms with E-state index in [1.54, 1.807) is 31.3 Å². The van der Waals surface area contributed by atoms with Gasteiger partial charge in [-0.2, -0.15) is 4.98 Å². The Labute approximate surface area is 201 Å². The molecule has 34 heavy (non-hydrogen) atoms. The van der Waals surface area contributed by atoms with E-state index in [2.05, 4.69) is 35.8 Å². The van der Waals surface area contributed by atoms with Crippen LogP contribution in [0.5, 0.6) is 0 Å². The molecular formula is C22H25ClN8O3. The molecule has 1 aromatic carbocycles. The van der Waals surface area contributed by atoms with Crippen LogP contribution in [-0.2, 0) is 4.79 Å². The fourth-order valence-corrected chi connectivity index (χ4v) is 3.90. The average Bonchev–Trinajstić information content (AvgIpc) is 2.83. The van der Waals surface area contributed by atoms with Gasteiger partial charge in [0.25, 0.3) is 0 Å². The number of anilines is 4. The number of urea groups is 1. The van der Waals surface area contributed by atoms with Crippen molar-refractivity contribution in [1.29, 1.82) is 0 Å². The number of amides is 3. The smallest absolute Gasteiger partial charge is 0.320 e. The van der Waals surface area contributed by atoms with Crippen molar-refractivity contribution in [3.8, 4) is 0 Å². The van der Waals surface area contributed by atoms with Crippen LogP contribution in [-0.4, -0.2) is 76.2 Å². The topological polar surface area (TPSA) is 136 Å². The molecule has 4 N–H and O–H groups in total. The summed E-state index contributed by atoms with van der Waals surface area (Å²) in [4.78, 5) is 40.4. The zero-order valence-corrected chi connectivity index (χ0v) is 19.3. The van der Waals surface area contributed by atoms with Crippen LogP contribution < -0.4 is 20.9 Å². The summed E-state index contributed by atoms with van der Waals surface area (Å²) in [7, 11) is 0. The minimum absolute atomic E-state index is 0.0861. The summed E-state index contributed by atoms with van der Waals surface area (Å²) in [5.74, 6) is 0.744. The molecule has 0 bridgehead atoms. The second kappa shape index (κ2) is 10.5. The maximum Gasteiger partial charge on any atom is 0.320 e. The lowest BCUT2D eigenvalue weighted by Crippen LogP contribution is -2.48. The molecule has 0 aliphatic carbocycles. The molecule has 0 radical (unpaired) electrons. The first-order valence-electron chi connectivity index (χ1n) is 10.8. The van der Waals surface area contributed by atoms with E-state index in [-0.39, 0.29) is 19.1 Å². The number of aliphatic hydroxyl groups excluding tert-OH is 1. The molecule has 3 amide bonds. The Morgan fingerprint density at radius 3 is 2.62 bits per heavy atom. The van der Waals surface area contributed by atoms with Gasteiger partial charge < -0.3 is 25.5 Å². The summed E-state index contributed by atoms with van der Waals surface area (Å²) in [6, 6.07) is 8.56. The molecule has 0 unspecified atom stereocenters. The number of halogens is 1. The van der Waals surface area contributed by atoms with Crippen LogP contribution in [0.1, 0.15) is 6.92 Å². The number of nitrogens with one attached hydrogen (secondary N) is 3. The van der Waals surface area contributed by atoms with Gasteiger partial charge in [-0.25, -0.2) is 14.8 Å². The number of benzene rings is 1. The average molecular weight is 485 g/mol. The molecular weight excluding hydrogens is 460 g/mol. The molecule has 12 heteroatoms. The largest absolute Gasteiger partial charge is 0.395 e. The van der Waals surface area contributed by atoms with Gasteiger partial charge in [-0.3, -0.25) is 10.1 Å². The molecule has 0 atom stereocenters. The van der Waals surface area contributed by atoms with E-state index in [9.17, 15) is 9.59 Å². The van der Waals surface area contributed by atoms with E-state index in [0.29, 0.717) is 46.6 Å². The summed E-state index contributed by atoms with van der Waals surface area (Å²) in [6.07, 6.45) is 1.64. The number of carbonyl (C=O) groups excluding carboxylic acids is 2. The van der Waals surface area contributed by atoms with Gasteiger partial charge in [0, 0.05) is 56.9 Å². The Hall–Kier alpha value is -3.70. The number of pyridine rings is 1. The Bertz CT molecular complexity index is 1200. The molecule has 0 spiro atoms. The molecule has 3 aromatic rings. The highest BCUT2D eigenvalue weighted by Gasteiger charge is 2.20. The summed E-state index contributed by atoms with van der Waals surface area (Å²) in [6.45, 7) is 4.36. The minimum atomic E-state index is -0.467. The monoisotopic (exact) mass is 484 g/mol. The number of hydrogen-bond donors (Lipinski definition) is 4. The fraction of sp³-hybridized carbons (Fsp3) is 0.318. The third-order valence-electron chi connectivity index (χ3n) is 5.35. The predicted octanol–water partition coefficient (Wildman–Crippen LogP) is 2.20. The summed E-state index contributed by atoms with van der Waals surface area (Å²) in [5.41, 5.74) is 2.03. The first-order valence-corrected chi connectivity index (χ1v) is 11.2. The van der Waals surface area contributed by atoms with Crippen LogP contribution in [0, 0.1) is 0 Å². The molecule has 1 aliphatic rings. The highest BCUT2D eigenvalue weighted by Crippen LogP contribution is 2.30. The molecule has 1 saturated heterocycles. The first-order chi connectivity index (χ1) is 16.4. The normalized spacial score (nSPS) is 13.6. The van der Waals surface area contributed by atoms with Crippen LogP contribution in [0.25, 0.3) is 11.0 Å². The quantitative estimate of drug-likeness (QED) is 0.418. The van der Waals surface area contributed by atoms with Crippen LogP contribution in [0.2, 0.25) is 5.02 Å². The second-order valence-electron chi connectivity index (χ2n) is 7.69. The number of nitrogens with zero attached hydrogens (tertiary/aromatic N) is 5. The van der Waals surface area contributed by atoms with Gasteiger partial charge in [0.15, 0.2) is 5.65 Å². The highest BCUT2D eigenvalue weighted by molar-refractivity contribution is 6.33. The Morgan fingerprint density at radius 1 is 1.12 bits per heavy atom. The third kappa shape index (κ3) is 5.61. The molecule has 4 rings (SSSR count). The standard InChI is InChI=1S/C22H25ClN8O3/c1-14(33)30-7-9-31(10-8-30)18-4-3-16(12-17(18)23)26-21-25-13-15-2-5-19(27-20(15)29-21)28-22(34)24-6-11-32/h2-5,12-13,32H,6-11H2,1H3,(H3,24,25,26,27,28,29,34). The van der Waals surface area contributed by atoms with Crippen molar-refractivity contribution >= 4 is 57.7 Å². The third-order valence-corrected chi connectivity index (χ3v) is 5.65. The van der Waals surface area contributed by atoms with Crippen LogP contribution >= 0.6 is 11.6 Å². The lowest BCUT2D eigenvalue weighted by Gasteiger charge is -2.36. The van der Waals surface area contributed by atoms with Crippen LogP contribution in [0.15, 0.2) is 36.5 Å². The number of hydrogen-bond acceptors (Lipinski definition) is 8. The molecule has 0 saturated carbocycles. The van der Waals surface area contributed by atoms with Gasteiger partial charge >= 0.3 is 6.03 Å². The van der Waals surface area contributed by atoms with Gasteiger partial charge in [0.05, 0.1) is 17.3 Å². The number of piperazine rings is 1. The number of aromatic nitrogens is 3. The van der Waals surface area contributed by atoms with Gasteiger partial charge in [0.1, 0.15) is 5.82 Å². The van der Waals surface area contributed by atoms with Crippen molar-refractivity contribution in [3.63, 3.8) is 0 Å². The maximum atomic E-state index is 11.8. The summed E-state index contributed by atoms with van der Waals surface area (Å²) >= 11 is 6.55. The fourth-order valence-electron chi connectivity index (χ4n) is 3.60. The zero-order chi connectivity index (χ0) is 24.1. The number of rotatable bonds is 6. The molecule has 178 valence electrons. The van der Waals surface area contributed by atoms with Crippen molar-refractivity contribution < 1.29 is 14.7 Å². The minimum Gasteiger partial charge on any atom is -0.395 e. The number of aliphatic hydroxyl groups is 1. The van der Waals surface area contributed by atoms with Gasteiger partial charge in [0.2, 0.25) is 11.9 Å². The van der Waals surface area contributed by atoms with Crippen molar-refractivity contribution in [1.82, 2.24) is 25.2 Å². The number of fused-ring (bicyclic) bond motifs is 1. The van der Waals surface area contributed by atoms with Crippen molar-refractivity contribution in [3.05, 3.63) is 41.6 Å². The molecule has 1 fully saturated rings. The van der Waals surface area contributed by atoms with E-state index in [1.807, 2.05) is 17.0 Å². The first kappa shape index (κ1) is 23.5. The highest BCUT2D eigenvalue weighted by atomic mass is 35.5. The lowest BCUT2D eigenvalue weighted by molar-refractivity contribution is -0.129. The van der Waals surface area contributed by atoms with Crippen molar-refractivity contribution in [2.75, 3.05) is 54.9 Å². The van der Waals surface area contributed by atoms with E-state index in [1.165, 1.54) is 0 Å². The SMILES string of the molecule is CC(=O)N1CCN(c2ccc(Nc3ncc4ccc(NC(=O)NCCO)nc4n3)cc2Cl)CC1. The maximum absolute atomic E-state index is 11.8. The lowest BCUT2D eigenvalue weighted by atomic mass is 10.2. The van der Waals surface area contributed by atoms with E-state index < -0.39 is 6.03 Å². The summed E-state index contributed by atoms with van der Waals surface area (Å²) < 4.78 is 0. The molecule has 1 aliphatic heterocycles. The Kier molecular flexibility index (Phi) is 7.24. The van der Waals surface area contributed by atoms with Gasteiger partial charge in [-0.15, -0.1) is 0 Å². The molecule has 2 aromatic heterocycles. The second-order valence-corrected chi connectivity index (χ2v) is 8.10. The number of carbonyl (C=O) groups is 2. The van der Waals surface area contributed by atoms with Gasteiger partial charge in [-0.05, 0) is 30.3 Å². The van der Waals surface area contributed by atoms with Gasteiger partial charge in [-0.1, -0.05) is 11.6 Å². The van der Waals surface area contributed by atoms with E-state index >= 15 is 0 Å². The van der Waals surface area contributed by atoms with Crippen molar-refractivity contribution in [2.24, 2.45) is 0 Å². The van der Waals surface area contributed by atoms with Crippen LogP contribution in [0.3, 0.4) is 0 Å². The van der Waals surface area contributed by atoms with Crippen LogP contribution in [0.4, 0.5) is 27.9 Å². The van der Waals surface area contributed by atoms with E-state index in [0.717, 1.165) is 18.8 Å². The van der Waals surface area contributed by atoms with E-state index in [4.69, 9.17) is 16.7 Å². The molecule has 3 heterocycles. The zero-order valence-electron chi connectivity index (χ0n) is 18.6. The predicted molar refractivity (Wildman–Crippen MR) is 131 cm³/mol. The Balaban J connectivity index is 1.45. The molecule has 11 nitrogen and oxygen atoms in total. The summed E-state index contributed by atoms with van der Waals surface area (Å²) in [5, 5.41) is 18.3. The van der Waals surface area contributed by atoms with Crippen molar-refractivity contribution in [2.45, 2.75) is 6.92 Å². The Morgan fingerprint density at radius 2 is 1.91 bits per heavy atom.